The van der Waals surface area contributed by atoms with Gasteiger partial charge in [0.1, 0.15) is 6.61 Å². The molecular formula is C13H20ClNO2. The van der Waals surface area contributed by atoms with E-state index in [1.54, 1.807) is 0 Å². The van der Waals surface area contributed by atoms with Crippen LogP contribution in [0.15, 0.2) is 18.2 Å². The minimum Gasteiger partial charge on any atom is -0.487 e. The molecule has 1 aromatic rings. The van der Waals surface area contributed by atoms with Crippen molar-refractivity contribution in [2.24, 2.45) is 0 Å². The second kappa shape index (κ2) is 8.20. The number of benzene rings is 1. The predicted molar refractivity (Wildman–Crippen MR) is 72.2 cm³/mol. The van der Waals surface area contributed by atoms with Crippen molar-refractivity contribution in [2.75, 3.05) is 31.7 Å². The van der Waals surface area contributed by atoms with E-state index in [0.717, 1.165) is 18.7 Å². The second-order valence-electron chi connectivity index (χ2n) is 3.59. The number of anilines is 1. The average Bonchev–Trinajstić information content (AvgIpc) is 2.34. The highest BCUT2D eigenvalue weighted by Gasteiger charge is 2.07. The van der Waals surface area contributed by atoms with Crippen molar-refractivity contribution in [3.05, 3.63) is 23.2 Å². The summed E-state index contributed by atoms with van der Waals surface area (Å²) in [7, 11) is 0. The van der Waals surface area contributed by atoms with Crippen LogP contribution in [-0.2, 0) is 4.74 Å². The third kappa shape index (κ3) is 4.84. The van der Waals surface area contributed by atoms with Gasteiger partial charge in [0.15, 0.2) is 5.75 Å². The molecule has 0 atom stereocenters. The number of rotatable bonds is 8. The second-order valence-corrected chi connectivity index (χ2v) is 4.00. The Labute approximate surface area is 108 Å². The SMILES string of the molecule is CCCNc1cccc(Cl)c1OCCOCC. The molecule has 0 aliphatic carbocycles. The summed E-state index contributed by atoms with van der Waals surface area (Å²) in [6, 6.07) is 5.71. The van der Waals surface area contributed by atoms with Gasteiger partial charge in [-0.15, -0.1) is 0 Å². The molecule has 0 radical (unpaired) electrons. The fourth-order valence-corrected chi connectivity index (χ4v) is 1.63. The van der Waals surface area contributed by atoms with Gasteiger partial charge in [0.2, 0.25) is 0 Å². The number of para-hydroxylation sites is 1. The lowest BCUT2D eigenvalue weighted by atomic mass is 10.3. The summed E-state index contributed by atoms with van der Waals surface area (Å²) >= 11 is 6.12. The van der Waals surface area contributed by atoms with Crippen molar-refractivity contribution in [1.82, 2.24) is 0 Å². The van der Waals surface area contributed by atoms with Crippen LogP contribution in [0.4, 0.5) is 5.69 Å². The molecule has 0 heterocycles. The standard InChI is InChI=1S/C13H20ClNO2/c1-3-8-15-12-7-5-6-11(14)13(12)17-10-9-16-4-2/h5-7,15H,3-4,8-10H2,1-2H3. The number of nitrogens with one attached hydrogen (secondary N) is 1. The van der Waals surface area contributed by atoms with Crippen LogP contribution in [0.1, 0.15) is 20.3 Å². The van der Waals surface area contributed by atoms with Gasteiger partial charge in [-0.2, -0.15) is 0 Å². The summed E-state index contributed by atoms with van der Waals surface area (Å²) < 4.78 is 10.9. The highest BCUT2D eigenvalue weighted by molar-refractivity contribution is 6.32. The lowest BCUT2D eigenvalue weighted by Crippen LogP contribution is -2.09. The van der Waals surface area contributed by atoms with Crippen molar-refractivity contribution >= 4 is 17.3 Å². The summed E-state index contributed by atoms with van der Waals surface area (Å²) in [4.78, 5) is 0. The van der Waals surface area contributed by atoms with Crippen molar-refractivity contribution in [1.29, 1.82) is 0 Å². The maximum atomic E-state index is 6.12. The van der Waals surface area contributed by atoms with Crippen LogP contribution in [0.25, 0.3) is 0 Å². The van der Waals surface area contributed by atoms with Crippen LogP contribution in [0.5, 0.6) is 5.75 Å². The zero-order valence-corrected chi connectivity index (χ0v) is 11.2. The van der Waals surface area contributed by atoms with E-state index >= 15 is 0 Å². The van der Waals surface area contributed by atoms with E-state index in [1.807, 2.05) is 25.1 Å². The molecule has 0 saturated heterocycles. The van der Waals surface area contributed by atoms with Gasteiger partial charge in [-0.1, -0.05) is 24.6 Å². The van der Waals surface area contributed by atoms with E-state index in [4.69, 9.17) is 21.1 Å². The molecule has 0 spiro atoms. The predicted octanol–water partition coefficient (Wildman–Crippen LogP) is 3.58. The molecule has 0 bridgehead atoms. The van der Waals surface area contributed by atoms with Gasteiger partial charge in [0.25, 0.3) is 0 Å². The molecule has 0 amide bonds. The Morgan fingerprint density at radius 2 is 2.06 bits per heavy atom. The highest BCUT2D eigenvalue weighted by Crippen LogP contribution is 2.32. The van der Waals surface area contributed by atoms with Gasteiger partial charge in [-0.05, 0) is 25.5 Å². The normalized spacial score (nSPS) is 10.3. The van der Waals surface area contributed by atoms with Crippen molar-refractivity contribution < 1.29 is 9.47 Å². The van der Waals surface area contributed by atoms with E-state index < -0.39 is 0 Å². The molecule has 96 valence electrons. The number of hydrogen-bond acceptors (Lipinski definition) is 3. The van der Waals surface area contributed by atoms with Gasteiger partial charge in [0.05, 0.1) is 17.3 Å². The lowest BCUT2D eigenvalue weighted by Gasteiger charge is -2.14. The summed E-state index contributed by atoms with van der Waals surface area (Å²) in [6.07, 6.45) is 1.06. The molecule has 0 fully saturated rings. The van der Waals surface area contributed by atoms with Crippen molar-refractivity contribution in [2.45, 2.75) is 20.3 Å². The number of ether oxygens (including phenoxy) is 2. The third-order valence-electron chi connectivity index (χ3n) is 2.21. The van der Waals surface area contributed by atoms with Crippen molar-refractivity contribution in [3.63, 3.8) is 0 Å². The summed E-state index contributed by atoms with van der Waals surface area (Å²) in [5, 5.41) is 3.92. The smallest absolute Gasteiger partial charge is 0.161 e. The van der Waals surface area contributed by atoms with Gasteiger partial charge in [-0.25, -0.2) is 0 Å². The number of halogens is 1. The maximum absolute atomic E-state index is 6.12. The van der Waals surface area contributed by atoms with E-state index in [9.17, 15) is 0 Å². The molecule has 1 rings (SSSR count). The molecule has 0 unspecified atom stereocenters. The number of hydrogen-bond donors (Lipinski definition) is 1. The van der Waals surface area contributed by atoms with Crippen LogP contribution >= 0.6 is 11.6 Å². The zero-order chi connectivity index (χ0) is 12.5. The first-order chi connectivity index (χ1) is 8.29. The molecular weight excluding hydrogens is 238 g/mol. The quantitative estimate of drug-likeness (QED) is 0.722. The van der Waals surface area contributed by atoms with E-state index in [0.29, 0.717) is 30.6 Å². The molecule has 0 aromatic heterocycles. The molecule has 1 N–H and O–H groups in total. The minimum atomic E-state index is 0.512. The maximum Gasteiger partial charge on any atom is 0.161 e. The van der Waals surface area contributed by atoms with E-state index in [2.05, 4.69) is 12.2 Å². The first kappa shape index (κ1) is 14.1. The molecule has 1 aromatic carbocycles. The topological polar surface area (TPSA) is 30.5 Å². The first-order valence-corrected chi connectivity index (χ1v) is 6.40. The Morgan fingerprint density at radius 3 is 2.76 bits per heavy atom. The summed E-state index contributed by atoms with van der Waals surface area (Å²) in [5.41, 5.74) is 0.941. The molecule has 3 nitrogen and oxygen atoms in total. The first-order valence-electron chi connectivity index (χ1n) is 6.02. The van der Waals surface area contributed by atoms with Crippen molar-refractivity contribution in [3.8, 4) is 5.75 Å². The fraction of sp³-hybridized carbons (Fsp3) is 0.538. The average molecular weight is 258 g/mol. The van der Waals surface area contributed by atoms with Gasteiger partial charge in [-0.3, -0.25) is 0 Å². The van der Waals surface area contributed by atoms with E-state index in [-0.39, 0.29) is 0 Å². The Kier molecular flexibility index (Phi) is 6.82. The highest BCUT2D eigenvalue weighted by atomic mass is 35.5. The Bertz CT molecular complexity index is 331. The molecule has 17 heavy (non-hydrogen) atoms. The van der Waals surface area contributed by atoms with Gasteiger partial charge in [0, 0.05) is 13.2 Å². The minimum absolute atomic E-state index is 0.512. The Balaban J connectivity index is 2.60. The Hall–Kier alpha value is -0.930. The van der Waals surface area contributed by atoms with Gasteiger partial charge < -0.3 is 14.8 Å². The summed E-state index contributed by atoms with van der Waals surface area (Å²) in [5.74, 6) is 0.710. The van der Waals surface area contributed by atoms with E-state index in [1.165, 1.54) is 0 Å². The van der Waals surface area contributed by atoms with Gasteiger partial charge >= 0.3 is 0 Å². The third-order valence-corrected chi connectivity index (χ3v) is 2.51. The molecule has 0 aliphatic heterocycles. The molecule has 0 saturated carbocycles. The van der Waals surface area contributed by atoms with Crippen LogP contribution in [-0.4, -0.2) is 26.4 Å². The summed E-state index contributed by atoms with van der Waals surface area (Å²) in [6.45, 7) is 6.78. The lowest BCUT2D eigenvalue weighted by molar-refractivity contribution is 0.110. The van der Waals surface area contributed by atoms with Crippen LogP contribution in [0.2, 0.25) is 5.02 Å². The monoisotopic (exact) mass is 257 g/mol. The fourth-order valence-electron chi connectivity index (χ4n) is 1.40. The zero-order valence-electron chi connectivity index (χ0n) is 10.5. The largest absolute Gasteiger partial charge is 0.487 e. The Morgan fingerprint density at radius 1 is 1.24 bits per heavy atom. The molecule has 4 heteroatoms. The van der Waals surface area contributed by atoms with Crippen LogP contribution in [0, 0.1) is 0 Å². The van der Waals surface area contributed by atoms with Crippen LogP contribution < -0.4 is 10.1 Å². The van der Waals surface area contributed by atoms with Crippen LogP contribution in [0.3, 0.4) is 0 Å². The molecule has 0 aliphatic rings.